The summed E-state index contributed by atoms with van der Waals surface area (Å²) >= 11 is 0. The maximum atomic E-state index is 11.7. The molecule has 0 spiro atoms. The molecule has 0 aliphatic heterocycles. The smallest absolute Gasteiger partial charge is 0.343 e. The van der Waals surface area contributed by atoms with E-state index in [1.54, 1.807) is 14.0 Å². The summed E-state index contributed by atoms with van der Waals surface area (Å²) in [6.07, 6.45) is 1.37. The quantitative estimate of drug-likeness (QED) is 0.867. The van der Waals surface area contributed by atoms with Gasteiger partial charge in [0.25, 0.3) is 0 Å². The van der Waals surface area contributed by atoms with E-state index in [0.717, 1.165) is 5.56 Å². The second kappa shape index (κ2) is 6.21. The monoisotopic (exact) mass is 287 g/mol. The maximum absolute atomic E-state index is 11.7. The Hall–Kier alpha value is -2.63. The standard InChI is InChI=1S/C15H17N3O3/c1-4-21-15(19)11-8-17-14(18-13(11)16)10-6-5-9(2)7-12(10)20-3/h5-8H,4H2,1-3H3,(H2,16,17,18). The van der Waals surface area contributed by atoms with Crippen LogP contribution < -0.4 is 10.5 Å². The maximum Gasteiger partial charge on any atom is 0.343 e. The van der Waals surface area contributed by atoms with Gasteiger partial charge in [-0.25, -0.2) is 14.8 Å². The van der Waals surface area contributed by atoms with Gasteiger partial charge in [-0.3, -0.25) is 0 Å². The number of nitrogen functional groups attached to an aromatic ring is 1. The molecule has 110 valence electrons. The summed E-state index contributed by atoms with van der Waals surface area (Å²) in [5.74, 6) is 0.606. The summed E-state index contributed by atoms with van der Waals surface area (Å²) in [5.41, 5.74) is 7.75. The molecule has 0 bridgehead atoms. The molecule has 1 heterocycles. The van der Waals surface area contributed by atoms with Crippen molar-refractivity contribution >= 4 is 11.8 Å². The lowest BCUT2D eigenvalue weighted by molar-refractivity contribution is 0.0527. The van der Waals surface area contributed by atoms with Gasteiger partial charge in [-0.15, -0.1) is 0 Å². The van der Waals surface area contributed by atoms with Crippen molar-refractivity contribution in [3.05, 3.63) is 35.5 Å². The van der Waals surface area contributed by atoms with Gasteiger partial charge in [0.05, 0.1) is 19.3 Å². The fraction of sp³-hybridized carbons (Fsp3) is 0.267. The minimum Gasteiger partial charge on any atom is -0.496 e. The van der Waals surface area contributed by atoms with E-state index in [-0.39, 0.29) is 18.0 Å². The predicted octanol–water partition coefficient (Wildman–Crippen LogP) is 2.22. The van der Waals surface area contributed by atoms with Crippen LogP contribution >= 0.6 is 0 Å². The summed E-state index contributed by atoms with van der Waals surface area (Å²) in [7, 11) is 1.58. The number of carbonyl (C=O) groups excluding carboxylic acids is 1. The first-order chi connectivity index (χ1) is 10.1. The second-order valence-electron chi connectivity index (χ2n) is 4.42. The Labute approximate surface area is 122 Å². The number of hydrogen-bond donors (Lipinski definition) is 1. The van der Waals surface area contributed by atoms with Crippen molar-refractivity contribution in [2.24, 2.45) is 0 Å². The molecule has 0 unspecified atom stereocenters. The molecule has 6 nitrogen and oxygen atoms in total. The zero-order valence-electron chi connectivity index (χ0n) is 12.2. The molecule has 6 heteroatoms. The molecule has 1 aromatic carbocycles. The molecular weight excluding hydrogens is 270 g/mol. The van der Waals surface area contributed by atoms with Crippen molar-refractivity contribution in [2.45, 2.75) is 13.8 Å². The Kier molecular flexibility index (Phi) is 4.37. The molecule has 2 N–H and O–H groups in total. The average molecular weight is 287 g/mol. The summed E-state index contributed by atoms with van der Waals surface area (Å²) in [4.78, 5) is 20.0. The zero-order chi connectivity index (χ0) is 15.4. The number of aryl methyl sites for hydroxylation is 1. The first-order valence-corrected chi connectivity index (χ1v) is 6.51. The fourth-order valence-electron chi connectivity index (χ4n) is 1.87. The summed E-state index contributed by atoms with van der Waals surface area (Å²) in [5, 5.41) is 0. The van der Waals surface area contributed by atoms with Crippen molar-refractivity contribution in [3.8, 4) is 17.1 Å². The molecule has 0 amide bonds. The van der Waals surface area contributed by atoms with Gasteiger partial charge in [-0.1, -0.05) is 6.07 Å². The Morgan fingerprint density at radius 1 is 1.38 bits per heavy atom. The third-order valence-corrected chi connectivity index (χ3v) is 2.91. The van der Waals surface area contributed by atoms with Crippen LogP contribution in [0.15, 0.2) is 24.4 Å². The lowest BCUT2D eigenvalue weighted by Gasteiger charge is -2.10. The van der Waals surface area contributed by atoms with E-state index in [9.17, 15) is 4.79 Å². The van der Waals surface area contributed by atoms with E-state index < -0.39 is 5.97 Å². The van der Waals surface area contributed by atoms with Crippen LogP contribution in [-0.2, 0) is 4.74 Å². The summed E-state index contributed by atoms with van der Waals surface area (Å²) < 4.78 is 10.2. The first kappa shape index (κ1) is 14.8. The Bertz CT molecular complexity index is 671. The molecule has 0 aliphatic rings. The number of methoxy groups -OCH3 is 1. The van der Waals surface area contributed by atoms with Crippen LogP contribution in [0, 0.1) is 6.92 Å². The van der Waals surface area contributed by atoms with Crippen molar-refractivity contribution in [1.82, 2.24) is 9.97 Å². The number of hydrogen-bond acceptors (Lipinski definition) is 6. The third kappa shape index (κ3) is 3.10. The SMILES string of the molecule is CCOC(=O)c1cnc(-c2ccc(C)cc2OC)nc1N. The minimum atomic E-state index is -0.530. The van der Waals surface area contributed by atoms with E-state index in [1.165, 1.54) is 6.20 Å². The highest BCUT2D eigenvalue weighted by atomic mass is 16.5. The largest absolute Gasteiger partial charge is 0.496 e. The van der Waals surface area contributed by atoms with Gasteiger partial charge >= 0.3 is 5.97 Å². The van der Waals surface area contributed by atoms with Gasteiger partial charge in [0.15, 0.2) is 5.82 Å². The lowest BCUT2D eigenvalue weighted by Crippen LogP contribution is -2.11. The number of nitrogens with two attached hydrogens (primary N) is 1. The van der Waals surface area contributed by atoms with Crippen LogP contribution in [0.2, 0.25) is 0 Å². The first-order valence-electron chi connectivity index (χ1n) is 6.51. The highest BCUT2D eigenvalue weighted by molar-refractivity contribution is 5.94. The highest BCUT2D eigenvalue weighted by Crippen LogP contribution is 2.29. The molecule has 2 aromatic rings. The Morgan fingerprint density at radius 2 is 2.14 bits per heavy atom. The van der Waals surface area contributed by atoms with Crippen LogP contribution in [0.1, 0.15) is 22.8 Å². The number of carbonyl (C=O) groups is 1. The molecule has 0 atom stereocenters. The molecule has 0 radical (unpaired) electrons. The van der Waals surface area contributed by atoms with Gasteiger partial charge < -0.3 is 15.2 Å². The predicted molar refractivity (Wildman–Crippen MR) is 79.1 cm³/mol. The third-order valence-electron chi connectivity index (χ3n) is 2.91. The van der Waals surface area contributed by atoms with Crippen LogP contribution in [0.3, 0.4) is 0 Å². The van der Waals surface area contributed by atoms with E-state index in [1.807, 2.05) is 25.1 Å². The topological polar surface area (TPSA) is 87.3 Å². The number of benzene rings is 1. The zero-order valence-corrected chi connectivity index (χ0v) is 12.2. The molecule has 0 saturated carbocycles. The van der Waals surface area contributed by atoms with Crippen molar-refractivity contribution < 1.29 is 14.3 Å². The molecular formula is C15H17N3O3. The average Bonchev–Trinajstić information content (AvgIpc) is 2.47. The number of rotatable bonds is 4. The Morgan fingerprint density at radius 3 is 2.76 bits per heavy atom. The van der Waals surface area contributed by atoms with Gasteiger partial charge in [0.2, 0.25) is 0 Å². The summed E-state index contributed by atoms with van der Waals surface area (Å²) in [6.45, 7) is 3.96. The molecule has 21 heavy (non-hydrogen) atoms. The fourth-order valence-corrected chi connectivity index (χ4v) is 1.87. The molecule has 2 rings (SSSR count). The van der Waals surface area contributed by atoms with Gasteiger partial charge in [-0.05, 0) is 31.5 Å². The molecule has 0 aliphatic carbocycles. The van der Waals surface area contributed by atoms with Crippen LogP contribution in [0.4, 0.5) is 5.82 Å². The van der Waals surface area contributed by atoms with E-state index in [2.05, 4.69) is 9.97 Å². The number of esters is 1. The number of nitrogens with zero attached hydrogens (tertiary/aromatic N) is 2. The molecule has 1 aromatic heterocycles. The van der Waals surface area contributed by atoms with E-state index in [4.69, 9.17) is 15.2 Å². The number of aromatic nitrogens is 2. The molecule has 0 fully saturated rings. The van der Waals surface area contributed by atoms with Crippen molar-refractivity contribution in [3.63, 3.8) is 0 Å². The van der Waals surface area contributed by atoms with E-state index in [0.29, 0.717) is 17.1 Å². The van der Waals surface area contributed by atoms with E-state index >= 15 is 0 Å². The van der Waals surface area contributed by atoms with Crippen molar-refractivity contribution in [1.29, 1.82) is 0 Å². The second-order valence-corrected chi connectivity index (χ2v) is 4.42. The van der Waals surface area contributed by atoms with Crippen LogP contribution in [0.25, 0.3) is 11.4 Å². The number of ether oxygens (including phenoxy) is 2. The van der Waals surface area contributed by atoms with Crippen LogP contribution in [0.5, 0.6) is 5.75 Å². The normalized spacial score (nSPS) is 10.2. The van der Waals surface area contributed by atoms with Gasteiger partial charge in [0, 0.05) is 6.20 Å². The Balaban J connectivity index is 2.43. The number of anilines is 1. The van der Waals surface area contributed by atoms with Gasteiger partial charge in [0.1, 0.15) is 17.1 Å². The van der Waals surface area contributed by atoms with Crippen molar-refractivity contribution in [2.75, 3.05) is 19.5 Å². The van der Waals surface area contributed by atoms with Crippen LogP contribution in [-0.4, -0.2) is 29.7 Å². The minimum absolute atomic E-state index is 0.0843. The molecule has 0 saturated heterocycles. The lowest BCUT2D eigenvalue weighted by atomic mass is 10.1. The van der Waals surface area contributed by atoms with Gasteiger partial charge in [-0.2, -0.15) is 0 Å². The highest BCUT2D eigenvalue weighted by Gasteiger charge is 2.16. The summed E-state index contributed by atoms with van der Waals surface area (Å²) in [6, 6.07) is 5.66.